The molecule has 1 aromatic heterocycles. The van der Waals surface area contributed by atoms with Crippen LogP contribution in [0.15, 0.2) is 79.3 Å². The van der Waals surface area contributed by atoms with Crippen LogP contribution in [0.2, 0.25) is 0 Å². The van der Waals surface area contributed by atoms with Crippen LogP contribution in [0.1, 0.15) is 37.6 Å². The van der Waals surface area contributed by atoms with Crippen molar-refractivity contribution in [2.75, 3.05) is 13.1 Å². The summed E-state index contributed by atoms with van der Waals surface area (Å²) in [6.07, 6.45) is 3.52. The molecule has 0 saturated carbocycles. The Labute approximate surface area is 245 Å². The summed E-state index contributed by atoms with van der Waals surface area (Å²) in [4.78, 5) is 30.2. The number of imidazole rings is 1. The van der Waals surface area contributed by atoms with Crippen molar-refractivity contribution in [2.45, 2.75) is 46.3 Å². The molecule has 10 heteroatoms. The van der Waals surface area contributed by atoms with Crippen molar-refractivity contribution in [1.82, 2.24) is 25.1 Å². The van der Waals surface area contributed by atoms with Crippen molar-refractivity contribution in [3.05, 3.63) is 106 Å². The van der Waals surface area contributed by atoms with E-state index in [2.05, 4.69) is 64.7 Å². The maximum absolute atomic E-state index is 13.3. The average molecular weight is 573 g/mol. The van der Waals surface area contributed by atoms with E-state index in [1.807, 2.05) is 23.6 Å². The van der Waals surface area contributed by atoms with Crippen LogP contribution < -0.4 is 10.6 Å². The smallest absolute Gasteiger partial charge is 0.269 e. The fraction of sp³-hybridized carbons (Fsp3) is 0.323. The molecule has 3 aromatic carbocycles. The van der Waals surface area contributed by atoms with E-state index in [9.17, 15) is 14.9 Å². The number of nitrogens with one attached hydrogen (secondary N) is 2. The number of carbonyl (C=O) groups excluding carboxylic acids is 1. The molecule has 0 unspecified atom stereocenters. The number of thiocarbonyl (C=S) groups is 1. The van der Waals surface area contributed by atoms with Crippen molar-refractivity contribution in [1.29, 1.82) is 0 Å². The second kappa shape index (κ2) is 13.8. The summed E-state index contributed by atoms with van der Waals surface area (Å²) >= 11 is 5.76. The van der Waals surface area contributed by atoms with Crippen molar-refractivity contribution in [2.24, 2.45) is 5.92 Å². The van der Waals surface area contributed by atoms with E-state index in [4.69, 9.17) is 12.2 Å². The third kappa shape index (κ3) is 7.88. The highest BCUT2D eigenvalue weighted by atomic mass is 32.1. The first kappa shape index (κ1) is 29.7. The van der Waals surface area contributed by atoms with Crippen molar-refractivity contribution in [3.8, 4) is 0 Å². The lowest BCUT2D eigenvalue weighted by molar-refractivity contribution is -0.384. The van der Waals surface area contributed by atoms with Gasteiger partial charge in [0.2, 0.25) is 5.91 Å². The summed E-state index contributed by atoms with van der Waals surface area (Å²) in [5.74, 6) is 0.0667. The largest absolute Gasteiger partial charge is 0.363 e. The van der Waals surface area contributed by atoms with Crippen molar-refractivity contribution in [3.63, 3.8) is 0 Å². The van der Waals surface area contributed by atoms with E-state index < -0.39 is 4.92 Å². The average Bonchev–Trinajstić information content (AvgIpc) is 3.38. The minimum atomic E-state index is -0.421. The minimum absolute atomic E-state index is 0.0434. The molecule has 1 atom stereocenters. The number of aromatic nitrogens is 2. The van der Waals surface area contributed by atoms with E-state index in [0.29, 0.717) is 31.3 Å². The van der Waals surface area contributed by atoms with Crippen LogP contribution in [0.25, 0.3) is 10.8 Å². The summed E-state index contributed by atoms with van der Waals surface area (Å²) in [5, 5.41) is 20.5. The Hall–Kier alpha value is -4.31. The number of non-ortho nitro benzene ring substituents is 1. The first-order valence-corrected chi connectivity index (χ1v) is 14.2. The molecule has 0 saturated heterocycles. The van der Waals surface area contributed by atoms with Gasteiger partial charge in [-0.2, -0.15) is 0 Å². The van der Waals surface area contributed by atoms with Gasteiger partial charge < -0.3 is 20.1 Å². The molecule has 0 aliphatic rings. The highest BCUT2D eigenvalue weighted by Crippen LogP contribution is 2.21. The molecule has 9 nitrogen and oxygen atoms in total. The predicted molar refractivity (Wildman–Crippen MR) is 166 cm³/mol. The molecule has 0 spiro atoms. The van der Waals surface area contributed by atoms with E-state index in [0.717, 1.165) is 11.3 Å². The van der Waals surface area contributed by atoms with Gasteiger partial charge in [-0.05, 0) is 47.0 Å². The molecular weight excluding hydrogens is 536 g/mol. The minimum Gasteiger partial charge on any atom is -0.363 e. The molecule has 4 aromatic rings. The number of nitro groups is 1. The highest BCUT2D eigenvalue weighted by Gasteiger charge is 2.23. The van der Waals surface area contributed by atoms with E-state index in [-0.39, 0.29) is 30.0 Å². The zero-order valence-electron chi connectivity index (χ0n) is 23.6. The third-order valence-electron chi connectivity index (χ3n) is 7.06. The van der Waals surface area contributed by atoms with E-state index >= 15 is 0 Å². The van der Waals surface area contributed by atoms with Gasteiger partial charge in [0.1, 0.15) is 0 Å². The number of nitrogens with zero attached hydrogens (tertiary/aromatic N) is 4. The van der Waals surface area contributed by atoms with Crippen molar-refractivity contribution < 1.29 is 9.72 Å². The van der Waals surface area contributed by atoms with Gasteiger partial charge in [0.05, 0.1) is 17.7 Å². The summed E-state index contributed by atoms with van der Waals surface area (Å²) < 4.78 is 1.89. The molecule has 1 amide bonds. The van der Waals surface area contributed by atoms with Gasteiger partial charge in [0.15, 0.2) is 5.11 Å². The Bertz CT molecular complexity index is 1500. The number of carbonyl (C=O) groups is 1. The molecule has 0 bridgehead atoms. The van der Waals surface area contributed by atoms with E-state index in [1.165, 1.54) is 28.5 Å². The quantitative estimate of drug-likeness (QED) is 0.139. The van der Waals surface area contributed by atoms with Crippen LogP contribution in [0.4, 0.5) is 5.69 Å². The lowest BCUT2D eigenvalue weighted by Crippen LogP contribution is -2.50. The highest BCUT2D eigenvalue weighted by molar-refractivity contribution is 7.80. The van der Waals surface area contributed by atoms with Gasteiger partial charge in [0, 0.05) is 56.2 Å². The number of benzene rings is 3. The second-order valence-electron chi connectivity index (χ2n) is 10.4. The number of nitro benzene ring substituents is 1. The number of fused-ring (bicyclic) bond motifs is 1. The zero-order valence-corrected chi connectivity index (χ0v) is 24.4. The number of hydrogen-bond donors (Lipinski definition) is 2. The summed E-state index contributed by atoms with van der Waals surface area (Å²) in [6, 6.07) is 20.9. The summed E-state index contributed by atoms with van der Waals surface area (Å²) in [7, 11) is 0. The Morgan fingerprint density at radius 1 is 1.10 bits per heavy atom. The monoisotopic (exact) mass is 572 g/mol. The zero-order chi connectivity index (χ0) is 29.4. The van der Waals surface area contributed by atoms with Gasteiger partial charge >= 0.3 is 0 Å². The maximum atomic E-state index is 13.3. The van der Waals surface area contributed by atoms with Crippen molar-refractivity contribution >= 4 is 39.7 Å². The normalized spacial score (nSPS) is 11.8. The Kier molecular flexibility index (Phi) is 10.0. The second-order valence-corrected chi connectivity index (χ2v) is 10.8. The van der Waals surface area contributed by atoms with Crippen LogP contribution in [0.3, 0.4) is 0 Å². The molecule has 0 fully saturated rings. The fourth-order valence-corrected chi connectivity index (χ4v) is 5.04. The molecule has 2 N–H and O–H groups in total. The fourth-order valence-electron chi connectivity index (χ4n) is 4.76. The molecule has 0 aliphatic carbocycles. The van der Waals surface area contributed by atoms with Crippen LogP contribution in [0, 0.1) is 16.0 Å². The number of rotatable bonds is 12. The van der Waals surface area contributed by atoms with Crippen LogP contribution in [-0.4, -0.2) is 49.5 Å². The Morgan fingerprint density at radius 3 is 2.54 bits per heavy atom. The molecule has 0 radical (unpaired) electrons. The molecule has 4 rings (SSSR count). The Balaban J connectivity index is 1.45. The maximum Gasteiger partial charge on any atom is 0.269 e. The van der Waals surface area contributed by atoms with Gasteiger partial charge in [-0.15, -0.1) is 0 Å². The number of amides is 1. The topological polar surface area (TPSA) is 105 Å². The van der Waals surface area contributed by atoms with Gasteiger partial charge in [-0.3, -0.25) is 14.9 Å². The van der Waals surface area contributed by atoms with E-state index in [1.54, 1.807) is 24.7 Å². The lowest BCUT2D eigenvalue weighted by Gasteiger charge is -2.32. The molecular formula is C31H36N6O3S. The summed E-state index contributed by atoms with van der Waals surface area (Å²) in [6.45, 7) is 8.55. The molecule has 214 valence electrons. The first-order chi connectivity index (χ1) is 19.7. The molecule has 41 heavy (non-hydrogen) atoms. The molecule has 0 aliphatic heterocycles. The predicted octanol–water partition coefficient (Wildman–Crippen LogP) is 5.07. The Morgan fingerprint density at radius 2 is 1.83 bits per heavy atom. The van der Waals surface area contributed by atoms with Gasteiger partial charge in [0.25, 0.3) is 5.69 Å². The first-order valence-electron chi connectivity index (χ1n) is 13.8. The standard InChI is InChI=1S/C31H36N6O3S/c1-4-33-31(41)35(19-25-10-7-9-24-8-5-6-11-28(24)25)20-29(22(2)3)34-30(38)16-27-17-32-21-36(27)18-23-12-14-26(15-13-23)37(39)40/h5-15,17,21-22,29H,4,16,18-20H2,1-3H3,(H,33,41)(H,34,38)/t29-/m1/s1. The summed E-state index contributed by atoms with van der Waals surface area (Å²) in [5.41, 5.74) is 2.87. The van der Waals surface area contributed by atoms with Crippen LogP contribution in [0.5, 0.6) is 0 Å². The van der Waals surface area contributed by atoms with Gasteiger partial charge in [-0.1, -0.05) is 68.4 Å². The van der Waals surface area contributed by atoms with Gasteiger partial charge in [-0.25, -0.2) is 4.98 Å². The SMILES string of the molecule is CCNC(=S)N(Cc1cccc2ccccc12)C[C@@H](NC(=O)Cc1cncn1Cc1ccc([N+](=O)[O-])cc1)C(C)C. The third-order valence-corrected chi connectivity index (χ3v) is 7.47. The van der Waals surface area contributed by atoms with Crippen LogP contribution >= 0.6 is 12.2 Å². The molecule has 1 heterocycles. The lowest BCUT2D eigenvalue weighted by atomic mass is 10.0. The number of hydrogen-bond acceptors (Lipinski definition) is 5. The van der Waals surface area contributed by atoms with Crippen LogP contribution in [-0.2, 0) is 24.3 Å².